The number of carbonyl (C=O) groups is 1. The van der Waals surface area contributed by atoms with Crippen molar-refractivity contribution in [2.24, 2.45) is 5.92 Å². The lowest BCUT2D eigenvalue weighted by molar-refractivity contribution is -0.138. The van der Waals surface area contributed by atoms with Crippen molar-refractivity contribution < 1.29 is 9.90 Å². The molecule has 110 valence electrons. The fraction of sp³-hybridized carbons (Fsp3) is 0.667. The highest BCUT2D eigenvalue weighted by molar-refractivity contribution is 5.76. The number of hydrogen-bond acceptors (Lipinski definition) is 3. The topological polar surface area (TPSA) is 72.2 Å². The number of nitrogens with zero attached hydrogens (tertiary/aromatic N) is 2. The Kier molecular flexibility index (Phi) is 3.48. The molecule has 1 heterocycles. The third-order valence-corrected chi connectivity index (χ3v) is 4.53. The number of carboxylic acid groups (broad SMARTS) is 1. The van der Waals surface area contributed by atoms with Crippen molar-refractivity contribution in [1.82, 2.24) is 9.55 Å². The highest BCUT2D eigenvalue weighted by Crippen LogP contribution is 2.44. The lowest BCUT2D eigenvalue weighted by atomic mass is 9.93. The second-order valence-corrected chi connectivity index (χ2v) is 6.30. The van der Waals surface area contributed by atoms with Crippen LogP contribution in [0.2, 0.25) is 0 Å². The van der Waals surface area contributed by atoms with Gasteiger partial charge in [-0.2, -0.15) is 4.98 Å². The zero-order chi connectivity index (χ0) is 15.2. The van der Waals surface area contributed by atoms with Crippen molar-refractivity contribution in [3.63, 3.8) is 0 Å². The average molecular weight is 278 g/mol. The van der Waals surface area contributed by atoms with Gasteiger partial charge in [-0.25, -0.2) is 4.79 Å². The van der Waals surface area contributed by atoms with Crippen molar-refractivity contribution in [2.75, 3.05) is 0 Å². The lowest BCUT2D eigenvalue weighted by Gasteiger charge is -2.31. The van der Waals surface area contributed by atoms with Gasteiger partial charge in [0.2, 0.25) is 0 Å². The maximum absolute atomic E-state index is 12.3. The fourth-order valence-electron chi connectivity index (χ4n) is 3.18. The van der Waals surface area contributed by atoms with Gasteiger partial charge in [0, 0.05) is 22.5 Å². The summed E-state index contributed by atoms with van der Waals surface area (Å²) in [6.07, 6.45) is 2.22. The Balaban J connectivity index is 2.67. The standard InChI is InChI=1S/C15H22N2O3/c1-8(13(18)19)12-9(2)16-14(20)17(10(12)3)15(4,5)11-6-7-11/h8,11H,6-7H2,1-5H3,(H,18,19). The molecule has 5 heteroatoms. The van der Waals surface area contributed by atoms with Crippen LogP contribution in [-0.2, 0) is 10.3 Å². The second-order valence-electron chi connectivity index (χ2n) is 6.30. The highest BCUT2D eigenvalue weighted by Gasteiger charge is 2.41. The first-order valence-electron chi connectivity index (χ1n) is 7.01. The van der Waals surface area contributed by atoms with Crippen molar-refractivity contribution >= 4 is 5.97 Å². The number of rotatable bonds is 4. The first-order chi connectivity index (χ1) is 9.17. The van der Waals surface area contributed by atoms with E-state index in [0.717, 1.165) is 18.5 Å². The Morgan fingerprint density at radius 2 is 1.95 bits per heavy atom. The molecule has 1 aromatic heterocycles. The number of aromatic nitrogens is 2. The molecule has 1 aliphatic rings. The minimum atomic E-state index is -0.896. The molecule has 1 aromatic rings. The minimum Gasteiger partial charge on any atom is -0.481 e. The molecule has 1 atom stereocenters. The first-order valence-corrected chi connectivity index (χ1v) is 7.01. The minimum absolute atomic E-state index is 0.279. The predicted molar refractivity (Wildman–Crippen MR) is 76.1 cm³/mol. The highest BCUT2D eigenvalue weighted by atomic mass is 16.4. The Hall–Kier alpha value is -1.65. The summed E-state index contributed by atoms with van der Waals surface area (Å²) in [6, 6.07) is 0. The number of hydrogen-bond donors (Lipinski definition) is 1. The van der Waals surface area contributed by atoms with E-state index in [9.17, 15) is 14.7 Å². The predicted octanol–water partition coefficient (Wildman–Crippen LogP) is 2.19. The van der Waals surface area contributed by atoms with Crippen molar-refractivity contribution in [3.8, 4) is 0 Å². The molecule has 20 heavy (non-hydrogen) atoms. The summed E-state index contributed by atoms with van der Waals surface area (Å²) >= 11 is 0. The third kappa shape index (κ3) is 2.25. The molecule has 0 aliphatic heterocycles. The van der Waals surface area contributed by atoms with Gasteiger partial charge in [-0.05, 0) is 53.4 Å². The SMILES string of the molecule is Cc1nc(=O)n(C(C)(C)C2CC2)c(C)c1C(C)C(=O)O. The average Bonchev–Trinajstić information content (AvgIpc) is 3.10. The van der Waals surface area contributed by atoms with E-state index >= 15 is 0 Å². The largest absolute Gasteiger partial charge is 0.481 e. The van der Waals surface area contributed by atoms with Crippen molar-refractivity contribution in [3.05, 3.63) is 27.4 Å². The number of carboxylic acids is 1. The number of aliphatic carboxylic acids is 1. The number of aryl methyl sites for hydroxylation is 1. The second kappa shape index (κ2) is 4.72. The van der Waals surface area contributed by atoms with E-state index in [-0.39, 0.29) is 11.2 Å². The van der Waals surface area contributed by atoms with Crippen LogP contribution in [0.15, 0.2) is 4.79 Å². The first kappa shape index (κ1) is 14.8. The van der Waals surface area contributed by atoms with E-state index < -0.39 is 11.9 Å². The van der Waals surface area contributed by atoms with Crippen molar-refractivity contribution in [1.29, 1.82) is 0 Å². The summed E-state index contributed by atoms with van der Waals surface area (Å²) in [6.45, 7) is 9.24. The monoisotopic (exact) mass is 278 g/mol. The molecule has 0 aromatic carbocycles. The van der Waals surface area contributed by atoms with Crippen LogP contribution in [0.3, 0.4) is 0 Å². The van der Waals surface area contributed by atoms with E-state index in [1.54, 1.807) is 18.4 Å². The molecule has 0 saturated heterocycles. The van der Waals surface area contributed by atoms with E-state index in [1.807, 2.05) is 20.8 Å². The summed E-state index contributed by atoms with van der Waals surface area (Å²) in [5.74, 6) is -1.09. The van der Waals surface area contributed by atoms with E-state index in [4.69, 9.17) is 0 Å². The lowest BCUT2D eigenvalue weighted by Crippen LogP contribution is -2.42. The molecule has 1 N–H and O–H groups in total. The quantitative estimate of drug-likeness (QED) is 0.916. The molecule has 0 amide bonds. The Labute approximate surface area is 118 Å². The summed E-state index contributed by atoms with van der Waals surface area (Å²) in [7, 11) is 0. The van der Waals surface area contributed by atoms with Gasteiger partial charge >= 0.3 is 11.7 Å². The van der Waals surface area contributed by atoms with Gasteiger partial charge in [0.05, 0.1) is 5.92 Å². The zero-order valence-corrected chi connectivity index (χ0v) is 12.7. The van der Waals surface area contributed by atoms with Crippen LogP contribution in [0, 0.1) is 19.8 Å². The molecule has 1 fully saturated rings. The summed E-state index contributed by atoms with van der Waals surface area (Å²) in [4.78, 5) is 27.6. The fourth-order valence-corrected chi connectivity index (χ4v) is 3.18. The van der Waals surface area contributed by atoms with Gasteiger partial charge < -0.3 is 5.11 Å². The van der Waals surface area contributed by atoms with E-state index in [2.05, 4.69) is 4.98 Å². The Morgan fingerprint density at radius 1 is 1.40 bits per heavy atom. The van der Waals surface area contributed by atoms with E-state index in [1.165, 1.54) is 0 Å². The zero-order valence-electron chi connectivity index (χ0n) is 12.7. The maximum Gasteiger partial charge on any atom is 0.348 e. The molecule has 5 nitrogen and oxygen atoms in total. The van der Waals surface area contributed by atoms with Crippen LogP contribution < -0.4 is 5.69 Å². The van der Waals surface area contributed by atoms with Gasteiger partial charge in [0.25, 0.3) is 0 Å². The molecular formula is C15H22N2O3. The molecule has 2 rings (SSSR count). The van der Waals surface area contributed by atoms with Crippen LogP contribution in [0.1, 0.15) is 56.5 Å². The van der Waals surface area contributed by atoms with Gasteiger partial charge in [-0.3, -0.25) is 9.36 Å². The molecule has 1 saturated carbocycles. The maximum atomic E-state index is 12.3. The smallest absolute Gasteiger partial charge is 0.348 e. The Bertz CT molecular complexity index is 612. The van der Waals surface area contributed by atoms with Gasteiger partial charge in [-0.15, -0.1) is 0 Å². The van der Waals surface area contributed by atoms with Crippen LogP contribution in [0.4, 0.5) is 0 Å². The molecule has 0 radical (unpaired) electrons. The molecule has 1 unspecified atom stereocenters. The normalized spacial score (nSPS) is 17.1. The van der Waals surface area contributed by atoms with Gasteiger partial charge in [0.15, 0.2) is 0 Å². The Morgan fingerprint density at radius 3 is 2.40 bits per heavy atom. The van der Waals surface area contributed by atoms with Crippen LogP contribution >= 0.6 is 0 Å². The van der Waals surface area contributed by atoms with E-state index in [0.29, 0.717) is 17.2 Å². The van der Waals surface area contributed by atoms with Crippen molar-refractivity contribution in [2.45, 2.75) is 58.9 Å². The van der Waals surface area contributed by atoms with Crippen LogP contribution in [0.5, 0.6) is 0 Å². The molecule has 1 aliphatic carbocycles. The molecule has 0 bridgehead atoms. The van der Waals surface area contributed by atoms with Crippen LogP contribution in [-0.4, -0.2) is 20.6 Å². The summed E-state index contributed by atoms with van der Waals surface area (Å²) in [5, 5.41) is 9.25. The summed E-state index contributed by atoms with van der Waals surface area (Å²) in [5.41, 5.74) is 1.32. The van der Waals surface area contributed by atoms with Gasteiger partial charge in [0.1, 0.15) is 0 Å². The molecular weight excluding hydrogens is 256 g/mol. The van der Waals surface area contributed by atoms with Gasteiger partial charge in [-0.1, -0.05) is 0 Å². The third-order valence-electron chi connectivity index (χ3n) is 4.53. The summed E-state index contributed by atoms with van der Waals surface area (Å²) < 4.78 is 1.69. The molecule has 0 spiro atoms. The van der Waals surface area contributed by atoms with Crippen LogP contribution in [0.25, 0.3) is 0 Å².